The van der Waals surface area contributed by atoms with Crippen LogP contribution in [0.5, 0.6) is 0 Å². The quantitative estimate of drug-likeness (QED) is 0.591. The fourth-order valence-electron chi connectivity index (χ4n) is 2.41. The molecule has 1 atom stereocenters. The number of nitrogens with zero attached hydrogens (tertiary/aromatic N) is 2. The fraction of sp³-hybridized carbons (Fsp3) is 0.810. The predicted octanol–water partition coefficient (Wildman–Crippen LogP) is 3.92. The van der Waals surface area contributed by atoms with Crippen molar-refractivity contribution >= 4 is 32.3 Å². The molecular weight excluding hydrogens is 420 g/mol. The third-order valence-corrected chi connectivity index (χ3v) is 9.54. The fourth-order valence-corrected chi connectivity index (χ4v) is 3.42. The van der Waals surface area contributed by atoms with Crippen LogP contribution in [0.15, 0.2) is 0 Å². The Balaban J connectivity index is 3.26. The van der Waals surface area contributed by atoms with E-state index in [4.69, 9.17) is 13.9 Å². The van der Waals surface area contributed by atoms with Gasteiger partial charge >= 0.3 is 12.2 Å². The number of ether oxygens (including phenoxy) is 2. The monoisotopic (exact) mass is 458 g/mol. The third-order valence-electron chi connectivity index (χ3n) is 5.04. The van der Waals surface area contributed by atoms with Gasteiger partial charge in [0.25, 0.3) is 11.8 Å². The highest BCUT2D eigenvalue weighted by molar-refractivity contribution is 6.74. The second-order valence-electron chi connectivity index (χ2n) is 11.2. The average Bonchev–Trinajstić information content (AvgIpc) is 2.50. The highest BCUT2D eigenvalue weighted by Crippen LogP contribution is 2.37. The van der Waals surface area contributed by atoms with Crippen LogP contribution in [0.3, 0.4) is 0 Å². The zero-order valence-electron chi connectivity index (χ0n) is 20.7. The van der Waals surface area contributed by atoms with Gasteiger partial charge in [0.2, 0.25) is 0 Å². The summed E-state index contributed by atoms with van der Waals surface area (Å²) >= 11 is 0. The number of imide groups is 2. The highest BCUT2D eigenvalue weighted by Gasteiger charge is 2.49. The first-order valence-electron chi connectivity index (χ1n) is 10.4. The molecule has 1 fully saturated rings. The van der Waals surface area contributed by atoms with Crippen molar-refractivity contribution < 1.29 is 33.1 Å². The predicted molar refractivity (Wildman–Crippen MR) is 118 cm³/mol. The van der Waals surface area contributed by atoms with E-state index in [0.717, 1.165) is 9.80 Å². The molecule has 0 aromatic carbocycles. The first-order chi connectivity index (χ1) is 13.7. The van der Waals surface area contributed by atoms with Crippen molar-refractivity contribution in [3.63, 3.8) is 0 Å². The van der Waals surface area contributed by atoms with Crippen LogP contribution in [0.1, 0.15) is 62.3 Å². The van der Waals surface area contributed by atoms with Gasteiger partial charge in [-0.05, 0) is 59.7 Å². The Bertz CT molecular complexity index is 729. The lowest BCUT2D eigenvalue weighted by atomic mass is 10.1. The standard InChI is InChI=1S/C21H38N2O7Si/c1-19(2,3)29-17(26)22-12-15(24)23(18(27)30-20(4,5)6)14(16(22)25)13-28-31(10,11)21(7,8)9/h14H,12-13H2,1-11H3/t14-/m0/s1. The molecule has 1 aliphatic heterocycles. The van der Waals surface area contributed by atoms with Gasteiger partial charge in [-0.1, -0.05) is 20.8 Å². The summed E-state index contributed by atoms with van der Waals surface area (Å²) in [6.45, 7) is 19.2. The molecule has 9 nitrogen and oxygen atoms in total. The van der Waals surface area contributed by atoms with Gasteiger partial charge in [-0.15, -0.1) is 0 Å². The lowest BCUT2D eigenvalue weighted by Crippen LogP contribution is -2.65. The van der Waals surface area contributed by atoms with E-state index >= 15 is 0 Å². The van der Waals surface area contributed by atoms with E-state index in [9.17, 15) is 19.2 Å². The van der Waals surface area contributed by atoms with Gasteiger partial charge in [0.15, 0.2) is 8.32 Å². The second kappa shape index (κ2) is 8.89. The lowest BCUT2D eigenvalue weighted by molar-refractivity contribution is -0.155. The number of carbonyl (C=O) groups is 4. The first-order valence-corrected chi connectivity index (χ1v) is 13.3. The first kappa shape index (κ1) is 27.1. The minimum absolute atomic E-state index is 0.156. The van der Waals surface area contributed by atoms with Crippen LogP contribution < -0.4 is 0 Å². The molecule has 0 aromatic heterocycles. The van der Waals surface area contributed by atoms with E-state index in [-0.39, 0.29) is 11.6 Å². The molecule has 1 rings (SSSR count). The molecule has 10 heteroatoms. The number of carbonyl (C=O) groups excluding carboxylic acids is 4. The SMILES string of the molecule is CC(C)(C)OC(=O)N1CC(=O)N(C(=O)OC(C)(C)C)[C@@H](CO[Si](C)(C)C(C)(C)C)C1=O. The number of amides is 4. The van der Waals surface area contributed by atoms with E-state index < -0.39 is 56.1 Å². The van der Waals surface area contributed by atoms with Crippen LogP contribution in [0.4, 0.5) is 9.59 Å². The van der Waals surface area contributed by atoms with E-state index in [1.807, 2.05) is 33.9 Å². The molecule has 1 saturated heterocycles. The number of hydrogen-bond donors (Lipinski definition) is 0. The summed E-state index contributed by atoms with van der Waals surface area (Å²) < 4.78 is 16.7. The van der Waals surface area contributed by atoms with Crippen LogP contribution in [0.25, 0.3) is 0 Å². The second-order valence-corrected chi connectivity index (χ2v) is 16.0. The molecule has 0 radical (unpaired) electrons. The molecule has 0 spiro atoms. The molecule has 0 bridgehead atoms. The molecule has 1 heterocycles. The van der Waals surface area contributed by atoms with Crippen LogP contribution in [0, 0.1) is 0 Å². The van der Waals surface area contributed by atoms with Crippen LogP contribution in [-0.2, 0) is 23.5 Å². The van der Waals surface area contributed by atoms with Crippen molar-refractivity contribution in [2.45, 2.75) is 97.7 Å². The summed E-state index contributed by atoms with van der Waals surface area (Å²) in [7, 11) is -2.32. The average molecular weight is 459 g/mol. The summed E-state index contributed by atoms with van der Waals surface area (Å²) in [5.74, 6) is -1.47. The summed E-state index contributed by atoms with van der Waals surface area (Å²) in [5.41, 5.74) is -1.72. The molecule has 0 saturated carbocycles. The topological polar surface area (TPSA) is 102 Å². The van der Waals surface area contributed by atoms with Gasteiger partial charge in [0, 0.05) is 0 Å². The van der Waals surface area contributed by atoms with E-state index in [1.165, 1.54) is 0 Å². The van der Waals surface area contributed by atoms with Crippen molar-refractivity contribution in [3.05, 3.63) is 0 Å². The van der Waals surface area contributed by atoms with Crippen LogP contribution in [0.2, 0.25) is 18.1 Å². The largest absolute Gasteiger partial charge is 0.443 e. The van der Waals surface area contributed by atoms with Crippen molar-refractivity contribution in [1.29, 1.82) is 0 Å². The van der Waals surface area contributed by atoms with Gasteiger partial charge in [-0.3, -0.25) is 9.59 Å². The Morgan fingerprint density at radius 2 is 1.35 bits per heavy atom. The Labute approximate surface area is 186 Å². The molecule has 31 heavy (non-hydrogen) atoms. The molecular formula is C21H38N2O7Si. The maximum absolute atomic E-state index is 13.2. The van der Waals surface area contributed by atoms with E-state index in [2.05, 4.69) is 0 Å². The van der Waals surface area contributed by atoms with Crippen LogP contribution >= 0.6 is 0 Å². The number of rotatable bonds is 3. The molecule has 178 valence electrons. The number of piperazine rings is 1. The Hall–Kier alpha value is -1.94. The molecule has 4 amide bonds. The van der Waals surface area contributed by atoms with Gasteiger partial charge in [-0.2, -0.15) is 0 Å². The summed E-state index contributed by atoms with van der Waals surface area (Å²) in [6, 6.07) is -1.32. The van der Waals surface area contributed by atoms with Crippen molar-refractivity contribution in [2.75, 3.05) is 13.2 Å². The Morgan fingerprint density at radius 3 is 1.77 bits per heavy atom. The summed E-state index contributed by atoms with van der Waals surface area (Å²) in [6.07, 6.45) is -1.88. The molecule has 1 aliphatic rings. The highest BCUT2D eigenvalue weighted by atomic mass is 28.4. The summed E-state index contributed by atoms with van der Waals surface area (Å²) in [5, 5.41) is -0.156. The molecule has 0 N–H and O–H groups in total. The minimum Gasteiger partial charge on any atom is -0.443 e. The Kier molecular flexibility index (Phi) is 7.77. The smallest absolute Gasteiger partial charge is 0.417 e. The normalized spacial score (nSPS) is 18.9. The zero-order valence-corrected chi connectivity index (χ0v) is 21.7. The van der Waals surface area contributed by atoms with Gasteiger partial charge < -0.3 is 13.9 Å². The van der Waals surface area contributed by atoms with Crippen molar-refractivity contribution in [3.8, 4) is 0 Å². The van der Waals surface area contributed by atoms with Gasteiger partial charge in [-0.25, -0.2) is 19.4 Å². The van der Waals surface area contributed by atoms with E-state index in [1.54, 1.807) is 41.5 Å². The molecule has 0 aromatic rings. The van der Waals surface area contributed by atoms with Crippen molar-refractivity contribution in [1.82, 2.24) is 9.80 Å². The van der Waals surface area contributed by atoms with Gasteiger partial charge in [0.05, 0.1) is 6.61 Å². The third kappa shape index (κ3) is 7.31. The minimum atomic E-state index is -2.32. The van der Waals surface area contributed by atoms with Gasteiger partial charge in [0.1, 0.15) is 23.8 Å². The lowest BCUT2D eigenvalue weighted by Gasteiger charge is -2.41. The maximum atomic E-state index is 13.2. The van der Waals surface area contributed by atoms with Crippen LogP contribution in [-0.4, -0.2) is 72.5 Å². The Morgan fingerprint density at radius 1 is 0.903 bits per heavy atom. The molecule has 0 aliphatic carbocycles. The molecule has 0 unspecified atom stereocenters. The van der Waals surface area contributed by atoms with E-state index in [0.29, 0.717) is 0 Å². The van der Waals surface area contributed by atoms with Crippen molar-refractivity contribution in [2.24, 2.45) is 0 Å². The maximum Gasteiger partial charge on any atom is 0.417 e. The summed E-state index contributed by atoms with van der Waals surface area (Å²) in [4.78, 5) is 52.9. The zero-order chi connectivity index (χ0) is 24.6. The number of hydrogen-bond acceptors (Lipinski definition) is 7.